The van der Waals surface area contributed by atoms with Crippen LogP contribution in [0.2, 0.25) is 10.0 Å². The number of aliphatic hydroxyl groups excluding tert-OH is 2. The van der Waals surface area contributed by atoms with Crippen LogP contribution in [-0.2, 0) is 34.4 Å². The lowest BCUT2D eigenvalue weighted by Gasteiger charge is -2.35. The van der Waals surface area contributed by atoms with Crippen LogP contribution in [0, 0.1) is 11.3 Å². The fourth-order valence-electron chi connectivity index (χ4n) is 6.85. The Morgan fingerprint density at radius 3 is 2.57 bits per heavy atom. The monoisotopic (exact) mass is 823 g/mol. The predicted molar refractivity (Wildman–Crippen MR) is 211 cm³/mol. The van der Waals surface area contributed by atoms with Gasteiger partial charge in [-0.25, -0.2) is 8.42 Å². The highest BCUT2D eigenvalue weighted by atomic mass is 35.5. The van der Waals surface area contributed by atoms with Crippen LogP contribution in [0.4, 0.5) is 0 Å². The van der Waals surface area contributed by atoms with E-state index in [-0.39, 0.29) is 30.4 Å². The lowest BCUT2D eigenvalue weighted by atomic mass is 9.96. The van der Waals surface area contributed by atoms with Crippen molar-refractivity contribution in [1.29, 1.82) is 5.26 Å². The summed E-state index contributed by atoms with van der Waals surface area (Å²) in [5, 5.41) is 32.9. The molecule has 1 saturated heterocycles. The molecule has 1 aromatic heterocycles. The number of likely N-dealkylation sites (tertiary alicyclic amines) is 1. The van der Waals surface area contributed by atoms with Gasteiger partial charge in [0.05, 0.1) is 40.7 Å². The second kappa shape index (κ2) is 18.2. The largest absolute Gasteiger partial charge is 0.492 e. The Labute approximate surface area is 336 Å². The number of β-amino-alcohol motifs (C(OH)–C–C–N with tert-alkyl or cyclic N) is 1. The number of benzene rings is 3. The summed E-state index contributed by atoms with van der Waals surface area (Å²) in [6.07, 6.45) is 4.25. The molecule has 0 radical (unpaired) electrons. The second-order valence-corrected chi connectivity index (χ2v) is 16.5. The number of rotatable bonds is 17. The molecule has 4 N–H and O–H groups in total. The summed E-state index contributed by atoms with van der Waals surface area (Å²) in [4.78, 5) is 19.0. The van der Waals surface area contributed by atoms with Gasteiger partial charge in [-0.1, -0.05) is 53.5 Å². The van der Waals surface area contributed by atoms with E-state index in [1.165, 1.54) is 13.1 Å². The van der Waals surface area contributed by atoms with Gasteiger partial charge in [-0.3, -0.25) is 24.7 Å². The summed E-state index contributed by atoms with van der Waals surface area (Å²) in [7, 11) is -3.87. The minimum absolute atomic E-state index is 0.0345. The van der Waals surface area contributed by atoms with Gasteiger partial charge in [0.2, 0.25) is 10.0 Å². The number of hydrogen-bond donors (Lipinski definition) is 4. The Hall–Kier alpha value is -4.46. The first-order chi connectivity index (χ1) is 26.8. The number of ether oxygens (including phenoxy) is 3. The van der Waals surface area contributed by atoms with Crippen molar-refractivity contribution in [2.24, 2.45) is 0 Å². The maximum absolute atomic E-state index is 12.7. The summed E-state index contributed by atoms with van der Waals surface area (Å²) in [5.41, 5.74) is 5.42. The highest BCUT2D eigenvalue weighted by Gasteiger charge is 2.30. The Morgan fingerprint density at radius 2 is 1.84 bits per heavy atom. The lowest BCUT2D eigenvalue weighted by Crippen LogP contribution is -2.51. The average molecular weight is 825 g/mol. The summed E-state index contributed by atoms with van der Waals surface area (Å²) >= 11 is 13.8. The number of aromatic nitrogens is 1. The van der Waals surface area contributed by atoms with Crippen molar-refractivity contribution in [3.05, 3.63) is 105 Å². The van der Waals surface area contributed by atoms with Crippen LogP contribution in [0.25, 0.3) is 11.1 Å². The maximum atomic E-state index is 12.7. The van der Waals surface area contributed by atoms with E-state index in [1.54, 1.807) is 24.4 Å². The first kappa shape index (κ1) is 41.2. The number of sulfonamides is 1. The van der Waals surface area contributed by atoms with Crippen molar-refractivity contribution >= 4 is 39.1 Å². The van der Waals surface area contributed by atoms with Crippen LogP contribution in [0.1, 0.15) is 53.7 Å². The third kappa shape index (κ3) is 10.3. The number of carbonyl (C=O) groups excluding carboxylic acids is 1. The number of hydrogen-bond acceptors (Lipinski definition) is 12. The van der Waals surface area contributed by atoms with Gasteiger partial charge < -0.3 is 24.4 Å². The molecule has 6 rings (SSSR count). The van der Waals surface area contributed by atoms with Gasteiger partial charge in [-0.05, 0) is 61.1 Å². The van der Waals surface area contributed by atoms with Crippen LogP contribution in [0.3, 0.4) is 0 Å². The third-order valence-electron chi connectivity index (χ3n) is 9.55. The zero-order valence-electron chi connectivity index (χ0n) is 30.9. The molecule has 13 nitrogen and oxygen atoms in total. The average Bonchev–Trinajstić information content (AvgIpc) is 3.55. The molecule has 1 amide bonds. The van der Waals surface area contributed by atoms with Crippen LogP contribution in [0.5, 0.6) is 17.2 Å². The molecule has 56 heavy (non-hydrogen) atoms. The number of pyridine rings is 1. The van der Waals surface area contributed by atoms with E-state index in [4.69, 9.17) is 37.4 Å². The molecule has 0 bridgehead atoms. The lowest BCUT2D eigenvalue weighted by molar-refractivity contribution is -0.123. The molecule has 2 heterocycles. The molecular weight excluding hydrogens is 781 g/mol. The number of nitrogens with one attached hydrogen (secondary N) is 2. The zero-order chi connectivity index (χ0) is 40.0. The number of aliphatic hydroxyl groups is 2. The maximum Gasteiger partial charge on any atom is 0.253 e. The minimum atomic E-state index is -3.87. The molecule has 0 saturated carbocycles. The molecule has 3 aromatic carbocycles. The Morgan fingerprint density at radius 1 is 1.07 bits per heavy atom. The number of amides is 1. The van der Waals surface area contributed by atoms with Gasteiger partial charge in [-0.2, -0.15) is 5.26 Å². The highest BCUT2D eigenvalue weighted by molar-refractivity contribution is 7.89. The molecule has 16 heteroatoms. The van der Waals surface area contributed by atoms with Gasteiger partial charge in [0.15, 0.2) is 0 Å². The van der Waals surface area contributed by atoms with Crippen molar-refractivity contribution in [2.75, 3.05) is 32.5 Å². The van der Waals surface area contributed by atoms with Crippen molar-refractivity contribution in [2.45, 2.75) is 63.7 Å². The molecule has 296 valence electrons. The van der Waals surface area contributed by atoms with E-state index in [1.807, 2.05) is 41.1 Å². The number of nitrogens with zero attached hydrogens (tertiary/aromatic N) is 3. The highest BCUT2D eigenvalue weighted by Crippen LogP contribution is 2.45. The SMILES string of the molecule is C[C@@H](O)[C@H](NCc1cc(Cl)c(O[C@H]2CCc3c(-c4cccc(OCCCN5CC(O)C5)c4Cl)cccc32)cc1OCc1cncc(C#N)c1)C(=O)NS(C)(=O)=O. The van der Waals surface area contributed by atoms with Gasteiger partial charge in [0.1, 0.15) is 42.1 Å². The van der Waals surface area contributed by atoms with Crippen LogP contribution in [-0.4, -0.2) is 85.2 Å². The molecule has 0 spiro atoms. The second-order valence-electron chi connectivity index (χ2n) is 14.0. The smallest absolute Gasteiger partial charge is 0.253 e. The van der Waals surface area contributed by atoms with Crippen LogP contribution < -0.4 is 24.2 Å². The third-order valence-corrected chi connectivity index (χ3v) is 10.8. The van der Waals surface area contributed by atoms with Gasteiger partial charge in [0.25, 0.3) is 5.91 Å². The summed E-state index contributed by atoms with van der Waals surface area (Å²) in [6.45, 7) is 4.11. The van der Waals surface area contributed by atoms with Gasteiger partial charge in [-0.15, -0.1) is 0 Å². The van der Waals surface area contributed by atoms with E-state index in [9.17, 15) is 28.7 Å². The Bertz CT molecular complexity index is 2210. The Balaban J connectivity index is 1.22. The molecule has 1 fully saturated rings. The topological polar surface area (TPSA) is 183 Å². The molecule has 1 aliphatic carbocycles. The van der Waals surface area contributed by atoms with E-state index in [0.717, 1.165) is 47.9 Å². The molecule has 4 aromatic rings. The fraction of sp³-hybridized carbons (Fsp3) is 0.375. The van der Waals surface area contributed by atoms with Crippen LogP contribution in [0.15, 0.2) is 67.0 Å². The molecule has 2 aliphatic rings. The van der Waals surface area contributed by atoms with Gasteiger partial charge >= 0.3 is 0 Å². The van der Waals surface area contributed by atoms with Crippen molar-refractivity contribution < 1.29 is 37.6 Å². The quantitative estimate of drug-likeness (QED) is 0.106. The number of nitriles is 1. The summed E-state index contributed by atoms with van der Waals surface area (Å²) in [6, 6.07) is 17.5. The first-order valence-electron chi connectivity index (χ1n) is 18.1. The molecular formula is C40H43Cl2N5O8S. The predicted octanol–water partition coefficient (Wildman–Crippen LogP) is 4.93. The normalized spacial score (nSPS) is 16.6. The number of fused-ring (bicyclic) bond motifs is 1. The van der Waals surface area contributed by atoms with Crippen LogP contribution >= 0.6 is 23.2 Å². The summed E-state index contributed by atoms with van der Waals surface area (Å²) < 4.78 is 44.2. The summed E-state index contributed by atoms with van der Waals surface area (Å²) in [5.74, 6) is 0.372. The van der Waals surface area contributed by atoms with Crippen molar-refractivity contribution in [3.63, 3.8) is 0 Å². The Kier molecular flexibility index (Phi) is 13.4. The van der Waals surface area contributed by atoms with Crippen molar-refractivity contribution in [3.8, 4) is 34.4 Å². The number of halogens is 2. The standard InChI is InChI=1S/C40H43Cl2N5O8S/c1-24(48)39(40(50)46-56(2,51)52)45-20-27-15-33(41)37(16-36(27)54-23-26-14-25(17-43)18-44-19-26)55-34-11-10-30-29(6-3-7-31(30)34)32-8-4-9-35(38(32)42)53-13-5-12-47-21-28(49)22-47/h3-4,6-9,14-16,18-19,24,28,34,39,45,48-49H,5,10-13,20-23H2,1-2H3,(H,46,50)/t24-,34+,39+/m1/s1. The molecule has 1 aliphatic heterocycles. The first-order valence-corrected chi connectivity index (χ1v) is 20.8. The number of carbonyl (C=O) groups is 1. The fourth-order valence-corrected chi connectivity index (χ4v) is 7.85. The van der Waals surface area contributed by atoms with E-state index in [0.29, 0.717) is 65.1 Å². The van der Waals surface area contributed by atoms with E-state index >= 15 is 0 Å². The minimum Gasteiger partial charge on any atom is -0.492 e. The molecule has 0 unspecified atom stereocenters. The van der Waals surface area contributed by atoms with E-state index in [2.05, 4.69) is 21.3 Å². The van der Waals surface area contributed by atoms with Gasteiger partial charge in [0, 0.05) is 61.3 Å². The molecule has 3 atom stereocenters. The van der Waals surface area contributed by atoms with E-state index < -0.39 is 28.1 Å². The van der Waals surface area contributed by atoms with Crippen molar-refractivity contribution in [1.82, 2.24) is 19.9 Å². The zero-order valence-corrected chi connectivity index (χ0v) is 33.2.